The van der Waals surface area contributed by atoms with Gasteiger partial charge in [0.1, 0.15) is 5.82 Å². The summed E-state index contributed by atoms with van der Waals surface area (Å²) in [5.74, 6) is -0.366. The highest BCUT2D eigenvalue weighted by Gasteiger charge is 2.25. The summed E-state index contributed by atoms with van der Waals surface area (Å²) in [6.07, 6.45) is 4.06. The lowest BCUT2D eigenvalue weighted by atomic mass is 9.90. The quantitative estimate of drug-likeness (QED) is 0.748. The molecule has 2 aromatic rings. The van der Waals surface area contributed by atoms with E-state index in [2.05, 4.69) is 30.7 Å². The second-order valence-corrected chi connectivity index (χ2v) is 8.09. The molecule has 1 unspecified atom stereocenters. The first-order valence-corrected chi connectivity index (χ1v) is 10.3. The third-order valence-electron chi connectivity index (χ3n) is 6.23. The Kier molecular flexibility index (Phi) is 5.32. The molecule has 4 rings (SSSR count). The van der Waals surface area contributed by atoms with E-state index < -0.39 is 11.6 Å². The topological polar surface area (TPSA) is 31.7 Å². The molecule has 0 N–H and O–H groups in total. The third-order valence-corrected chi connectivity index (χ3v) is 6.23. The summed E-state index contributed by atoms with van der Waals surface area (Å²) in [5, 5.41) is 0.614. The van der Waals surface area contributed by atoms with Gasteiger partial charge in [0.25, 0.3) is 0 Å². The molecular formula is C22H28F2N4. The third kappa shape index (κ3) is 3.50. The van der Waals surface area contributed by atoms with Crippen molar-refractivity contribution in [2.75, 3.05) is 38.1 Å². The molecule has 6 heteroatoms. The summed E-state index contributed by atoms with van der Waals surface area (Å²) in [6, 6.07) is 2.48. The van der Waals surface area contributed by atoms with E-state index in [0.29, 0.717) is 16.8 Å². The Balaban J connectivity index is 1.94. The van der Waals surface area contributed by atoms with Gasteiger partial charge in [0.2, 0.25) is 0 Å². The minimum absolute atomic E-state index is 0.439. The lowest BCUT2D eigenvalue weighted by Crippen LogP contribution is -2.45. The molecular weight excluding hydrogens is 358 g/mol. The molecule has 0 aliphatic carbocycles. The second-order valence-electron chi connectivity index (χ2n) is 8.09. The van der Waals surface area contributed by atoms with Crippen molar-refractivity contribution in [2.45, 2.75) is 39.5 Å². The largest absolute Gasteiger partial charge is 0.354 e. The molecule has 2 aliphatic heterocycles. The van der Waals surface area contributed by atoms with Crippen molar-refractivity contribution in [1.82, 2.24) is 9.88 Å². The van der Waals surface area contributed by atoms with Crippen LogP contribution >= 0.6 is 0 Å². The highest BCUT2D eigenvalue weighted by molar-refractivity contribution is 5.98. The van der Waals surface area contributed by atoms with Crippen LogP contribution in [0.5, 0.6) is 0 Å². The van der Waals surface area contributed by atoms with Crippen molar-refractivity contribution < 1.29 is 8.78 Å². The Morgan fingerprint density at radius 3 is 2.54 bits per heavy atom. The van der Waals surface area contributed by atoms with Crippen molar-refractivity contribution >= 4 is 28.1 Å². The number of hydrogen-bond acceptors (Lipinski definition) is 4. The molecule has 0 radical (unpaired) electrons. The van der Waals surface area contributed by atoms with Crippen LogP contribution in [-0.2, 0) is 6.42 Å². The number of fused-ring (bicyclic) bond motifs is 3. The monoisotopic (exact) mass is 386 g/mol. The molecule has 0 amide bonds. The first-order valence-electron chi connectivity index (χ1n) is 10.3. The number of hydrogen-bond donors (Lipinski definition) is 0. The van der Waals surface area contributed by atoms with Crippen LogP contribution < -0.4 is 4.90 Å². The lowest BCUT2D eigenvalue weighted by Gasteiger charge is -2.35. The van der Waals surface area contributed by atoms with E-state index in [0.717, 1.165) is 74.6 Å². The number of piperazine rings is 1. The van der Waals surface area contributed by atoms with Crippen LogP contribution in [-0.4, -0.2) is 48.8 Å². The van der Waals surface area contributed by atoms with Gasteiger partial charge in [0.05, 0.1) is 11.2 Å². The van der Waals surface area contributed by atoms with Crippen LogP contribution in [0.3, 0.4) is 0 Å². The van der Waals surface area contributed by atoms with Gasteiger partial charge in [-0.2, -0.15) is 0 Å². The molecule has 2 aliphatic rings. The Morgan fingerprint density at radius 2 is 1.82 bits per heavy atom. The van der Waals surface area contributed by atoms with Crippen LogP contribution in [0.15, 0.2) is 17.1 Å². The fraction of sp³-hybridized carbons (Fsp3) is 0.545. The maximum Gasteiger partial charge on any atom is 0.161 e. The zero-order valence-corrected chi connectivity index (χ0v) is 16.9. The van der Waals surface area contributed by atoms with E-state index in [9.17, 15) is 8.78 Å². The highest BCUT2D eigenvalue weighted by atomic mass is 19.2. The number of nitrogens with zero attached hydrogens (tertiary/aromatic N) is 4. The van der Waals surface area contributed by atoms with E-state index in [-0.39, 0.29) is 0 Å². The summed E-state index contributed by atoms with van der Waals surface area (Å²) in [6.45, 7) is 7.93. The van der Waals surface area contributed by atoms with Gasteiger partial charge in [-0.1, -0.05) is 6.92 Å². The molecule has 1 atom stereocenters. The van der Waals surface area contributed by atoms with Crippen molar-refractivity contribution in [3.05, 3.63) is 29.3 Å². The van der Waals surface area contributed by atoms with Gasteiger partial charge in [-0.3, -0.25) is 4.99 Å². The molecule has 1 aromatic carbocycles. The van der Waals surface area contributed by atoms with Gasteiger partial charge >= 0.3 is 0 Å². The van der Waals surface area contributed by atoms with Gasteiger partial charge < -0.3 is 9.80 Å². The predicted molar refractivity (Wildman–Crippen MR) is 111 cm³/mol. The van der Waals surface area contributed by atoms with Gasteiger partial charge in [0, 0.05) is 48.9 Å². The fourth-order valence-electron chi connectivity index (χ4n) is 4.41. The fourth-order valence-corrected chi connectivity index (χ4v) is 4.41. The van der Waals surface area contributed by atoms with Crippen molar-refractivity contribution in [1.29, 1.82) is 0 Å². The Bertz CT molecular complexity index is 917. The standard InChI is InChI=1S/C22H28F2N4/c1-4-15-6-5-7-16-21(25-14(15)2)17-12-18(23)19(24)13-20(17)26-22(16)28-10-8-27(3)9-11-28/h12-13,15H,4-11H2,1-3H3. The SMILES string of the molecule is CCC1CCCc2c(N3CCN(C)CC3)nc3cc(F)c(F)cc3c2N=C1C. The van der Waals surface area contributed by atoms with E-state index in [1.165, 1.54) is 12.1 Å². The summed E-state index contributed by atoms with van der Waals surface area (Å²) >= 11 is 0. The average molecular weight is 386 g/mol. The zero-order chi connectivity index (χ0) is 19.8. The number of likely N-dealkylation sites (N-methyl/N-ethyl adjacent to an activating group) is 1. The van der Waals surface area contributed by atoms with E-state index in [1.54, 1.807) is 0 Å². The van der Waals surface area contributed by atoms with Crippen molar-refractivity contribution in [2.24, 2.45) is 10.9 Å². The van der Waals surface area contributed by atoms with E-state index in [1.807, 2.05) is 0 Å². The number of halogens is 2. The maximum atomic E-state index is 14.1. The van der Waals surface area contributed by atoms with Gasteiger partial charge in [-0.25, -0.2) is 13.8 Å². The number of pyridine rings is 1. The number of rotatable bonds is 2. The number of aromatic nitrogens is 1. The van der Waals surface area contributed by atoms with Crippen molar-refractivity contribution in [3.8, 4) is 0 Å². The minimum atomic E-state index is -0.859. The Labute approximate surface area is 165 Å². The molecule has 28 heavy (non-hydrogen) atoms. The average Bonchev–Trinajstić information content (AvgIpc) is 2.66. The first-order chi connectivity index (χ1) is 13.5. The first kappa shape index (κ1) is 19.2. The number of aliphatic imine (C=N–C) groups is 1. The van der Waals surface area contributed by atoms with Crippen LogP contribution in [0.1, 0.15) is 38.7 Å². The van der Waals surface area contributed by atoms with Crippen molar-refractivity contribution in [3.63, 3.8) is 0 Å². The normalized spacial score (nSPS) is 21.2. The summed E-state index contributed by atoms with van der Waals surface area (Å²) < 4.78 is 28.0. The predicted octanol–water partition coefficient (Wildman–Crippen LogP) is 4.72. The minimum Gasteiger partial charge on any atom is -0.354 e. The van der Waals surface area contributed by atoms with Crippen LogP contribution in [0.25, 0.3) is 10.9 Å². The highest BCUT2D eigenvalue weighted by Crippen LogP contribution is 2.39. The van der Waals surface area contributed by atoms with Crippen LogP contribution in [0.4, 0.5) is 20.3 Å². The summed E-state index contributed by atoms with van der Waals surface area (Å²) in [7, 11) is 2.12. The van der Waals surface area contributed by atoms with Crippen LogP contribution in [0, 0.1) is 17.6 Å². The molecule has 150 valence electrons. The van der Waals surface area contributed by atoms with Gasteiger partial charge in [-0.15, -0.1) is 0 Å². The molecule has 1 fully saturated rings. The lowest BCUT2D eigenvalue weighted by molar-refractivity contribution is 0.312. The molecule has 1 aromatic heterocycles. The van der Waals surface area contributed by atoms with E-state index in [4.69, 9.17) is 9.98 Å². The molecule has 4 nitrogen and oxygen atoms in total. The number of benzene rings is 1. The summed E-state index contributed by atoms with van der Waals surface area (Å²) in [5.41, 5.74) is 3.42. The van der Waals surface area contributed by atoms with E-state index >= 15 is 0 Å². The summed E-state index contributed by atoms with van der Waals surface area (Å²) in [4.78, 5) is 14.4. The second kappa shape index (κ2) is 7.74. The maximum absolute atomic E-state index is 14.1. The van der Waals surface area contributed by atoms with Gasteiger partial charge in [0.15, 0.2) is 11.6 Å². The molecule has 0 spiro atoms. The number of anilines is 1. The molecule has 0 bridgehead atoms. The Hall–Kier alpha value is -2.08. The Morgan fingerprint density at radius 1 is 1.11 bits per heavy atom. The molecule has 1 saturated heterocycles. The van der Waals surface area contributed by atoms with Crippen LogP contribution in [0.2, 0.25) is 0 Å². The molecule has 0 saturated carbocycles. The molecule has 3 heterocycles. The smallest absolute Gasteiger partial charge is 0.161 e. The van der Waals surface area contributed by atoms with Gasteiger partial charge in [-0.05, 0) is 51.6 Å². The zero-order valence-electron chi connectivity index (χ0n) is 16.9.